The van der Waals surface area contributed by atoms with Gasteiger partial charge in [-0.1, -0.05) is 87.9 Å². The molecule has 0 unspecified atom stereocenters. The van der Waals surface area contributed by atoms with Crippen LogP contribution in [0.25, 0.3) is 55.2 Å². The molecule has 0 aliphatic rings. The number of imidazole rings is 5. The number of ketones is 5. The maximum absolute atomic E-state index is 13.0. The Morgan fingerprint density at radius 3 is 1.20 bits per heavy atom. The maximum atomic E-state index is 13.0. The van der Waals surface area contributed by atoms with Crippen LogP contribution in [0.2, 0.25) is 5.02 Å². The van der Waals surface area contributed by atoms with Gasteiger partial charge in [0, 0.05) is 102 Å². The summed E-state index contributed by atoms with van der Waals surface area (Å²) in [5.74, 6) is 4.39. The van der Waals surface area contributed by atoms with Crippen LogP contribution in [0.3, 0.4) is 0 Å². The number of nitrogens with zero attached hydrogens (tertiary/aromatic N) is 8. The van der Waals surface area contributed by atoms with Crippen molar-refractivity contribution in [3.63, 3.8) is 0 Å². The minimum absolute atomic E-state index is 0.0552. The number of aliphatic hydroxyl groups excluding tert-OH is 5. The molecule has 0 bridgehead atoms. The van der Waals surface area contributed by atoms with Gasteiger partial charge in [0.15, 0.2) is 28.9 Å². The second-order valence-electron chi connectivity index (χ2n) is 25.7. The second kappa shape index (κ2) is 46.1. The molecule has 0 saturated carbocycles. The predicted molar refractivity (Wildman–Crippen MR) is 397 cm³/mol. The molecule has 101 heavy (non-hydrogen) atoms. The van der Waals surface area contributed by atoms with Gasteiger partial charge in [-0.15, -0.1) is 0 Å². The van der Waals surface area contributed by atoms with Crippen molar-refractivity contribution in [2.45, 2.75) is 193 Å². The zero-order valence-electron chi connectivity index (χ0n) is 59.1. The van der Waals surface area contributed by atoms with Crippen molar-refractivity contribution in [3.05, 3.63) is 137 Å². The number of anilines is 1. The SMILES string of the molecule is CN(C)c1ccc2nc(CCCCCCC(=O)CO)[nH]c2c1.Cn1c(CCCCCCC(=O)CO)nc2ccccc21.O=C(CO)CCCCCCc1nc2ccc(Cl)cc2[nH]1.O=C(CO)CCCCCCc1nc2ccc(F)cc2[nH]1.O=C(CO)CCCCCCc1nc2ccncc2[nH]1. The fourth-order valence-electron chi connectivity index (χ4n) is 11.4. The van der Waals surface area contributed by atoms with Gasteiger partial charge in [0.1, 0.15) is 68.0 Å². The van der Waals surface area contributed by atoms with Gasteiger partial charge in [-0.2, -0.15) is 0 Å². The normalized spacial score (nSPS) is 11.1. The number of rotatable bonds is 41. The maximum Gasteiger partial charge on any atom is 0.158 e. The Kier molecular flexibility index (Phi) is 37.2. The third-order valence-electron chi connectivity index (χ3n) is 17.2. The van der Waals surface area contributed by atoms with E-state index in [0.717, 1.165) is 245 Å². The highest BCUT2D eigenvalue weighted by Crippen LogP contribution is 2.23. The molecule has 10 rings (SSSR count). The highest BCUT2D eigenvalue weighted by atomic mass is 35.5. The van der Waals surface area contributed by atoms with Gasteiger partial charge in [0.25, 0.3) is 0 Å². The molecule has 9 N–H and O–H groups in total. The van der Waals surface area contributed by atoms with Crippen molar-refractivity contribution in [2.75, 3.05) is 52.0 Å². The van der Waals surface area contributed by atoms with Crippen LogP contribution in [0.1, 0.15) is 190 Å². The number of Topliss-reactive ketones (excluding diaryl/α,β-unsaturated/α-hetero) is 5. The van der Waals surface area contributed by atoms with Gasteiger partial charge in [0.2, 0.25) is 0 Å². The number of aromatic nitrogens is 11. The van der Waals surface area contributed by atoms with E-state index in [1.54, 1.807) is 18.5 Å². The van der Waals surface area contributed by atoms with E-state index in [2.05, 4.69) is 84.6 Å². The van der Waals surface area contributed by atoms with Gasteiger partial charge in [0.05, 0.1) is 61.4 Å². The summed E-state index contributed by atoms with van der Waals surface area (Å²) in [7, 11) is 6.12. The number of fused-ring (bicyclic) bond motifs is 5. The third-order valence-corrected chi connectivity index (χ3v) is 17.4. The van der Waals surface area contributed by atoms with Crippen LogP contribution >= 0.6 is 11.6 Å². The number of hydrogen-bond donors (Lipinski definition) is 9. The van der Waals surface area contributed by atoms with Crippen molar-refractivity contribution in [2.24, 2.45) is 7.05 Å². The van der Waals surface area contributed by atoms with E-state index in [9.17, 15) is 28.4 Å². The Bertz CT molecular complexity index is 3970. The highest BCUT2D eigenvalue weighted by molar-refractivity contribution is 6.31. The van der Waals surface area contributed by atoms with Crippen molar-refractivity contribution in [1.82, 2.24) is 54.4 Å². The molecule has 4 aromatic carbocycles. The summed E-state index contributed by atoms with van der Waals surface area (Å²) in [6, 6.07) is 26.5. The van der Waals surface area contributed by atoms with Crippen molar-refractivity contribution < 1.29 is 53.9 Å². The van der Waals surface area contributed by atoms with Crippen LogP contribution in [-0.4, -0.2) is 156 Å². The number of para-hydroxylation sites is 2. The first-order valence-corrected chi connectivity index (χ1v) is 36.1. The molecule has 0 amide bonds. The zero-order valence-corrected chi connectivity index (χ0v) is 59.9. The number of unbranched alkanes of at least 4 members (excludes halogenated alkanes) is 15. The molecule has 0 radical (unpaired) electrons. The lowest BCUT2D eigenvalue weighted by molar-refractivity contribution is -0.122. The number of H-pyrrole nitrogens is 4. The number of aliphatic hydroxyl groups is 5. The highest BCUT2D eigenvalue weighted by Gasteiger charge is 2.11. The standard InChI is InChI=1S/C17H25N3O2.C16H22N2O2.C15H19ClN2O2.C15H19FN2O2.C14H19N3O2/c1-20(2)13-9-10-15-16(11-13)19-17(18-15)8-6-4-3-5-7-14(22)12-21;1-18-15-10-7-6-9-14(15)17-16(18)11-5-3-2-4-8-13(20)12-19;2*16-11-7-8-13-14(9-11)18-15(17-13)6-4-2-1-3-5-12(20)10-19;18-10-11(19)5-3-1-2-4-6-14-16-12-7-8-15-9-13(12)17-14/h9-11,21H,3-8,12H2,1-2H3,(H,18,19);6-7,9-10,19H,2-5,8,11-12H2,1H3;2*7-9,19H,1-6,10H2,(H,17,18);7-9,18H,1-6,10H2,(H,16,17). The smallest absolute Gasteiger partial charge is 0.158 e. The number of hydrogen-bond acceptors (Lipinski definition) is 17. The monoisotopic (exact) mass is 1410 g/mol. The molecule has 24 heteroatoms. The summed E-state index contributed by atoms with van der Waals surface area (Å²) in [5.41, 5.74) is 10.8. The molecule has 0 atom stereocenters. The zero-order chi connectivity index (χ0) is 72.6. The summed E-state index contributed by atoms with van der Waals surface area (Å²) < 4.78 is 15.2. The van der Waals surface area contributed by atoms with E-state index in [0.29, 0.717) is 37.1 Å². The molecule has 10 aromatic rings. The largest absolute Gasteiger partial charge is 0.389 e. The van der Waals surface area contributed by atoms with E-state index in [-0.39, 0.29) is 67.8 Å². The van der Waals surface area contributed by atoms with Crippen molar-refractivity contribution in [1.29, 1.82) is 0 Å². The first-order chi connectivity index (χ1) is 49.0. The minimum Gasteiger partial charge on any atom is -0.389 e. The Morgan fingerprint density at radius 1 is 0.416 bits per heavy atom. The predicted octanol–water partition coefficient (Wildman–Crippen LogP) is 13.4. The van der Waals surface area contributed by atoms with E-state index in [4.69, 9.17) is 37.1 Å². The molecule has 0 spiro atoms. The average Bonchev–Trinajstić information content (AvgIpc) is 1.69. The fourth-order valence-corrected chi connectivity index (χ4v) is 11.6. The van der Waals surface area contributed by atoms with Gasteiger partial charge in [-0.25, -0.2) is 29.3 Å². The molecule has 0 saturated heterocycles. The number of carbonyl (C=O) groups is 5. The summed E-state index contributed by atoms with van der Waals surface area (Å²) in [6.07, 6.45) is 30.4. The summed E-state index contributed by atoms with van der Waals surface area (Å²) in [5, 5.41) is 43.8. The topological polar surface area (TPSA) is 335 Å². The molecule has 6 heterocycles. The van der Waals surface area contributed by atoms with Crippen LogP contribution in [0.4, 0.5) is 10.1 Å². The number of nitrogens with one attached hydrogen (secondary N) is 4. The molecule has 0 fully saturated rings. The summed E-state index contributed by atoms with van der Waals surface area (Å²) in [4.78, 5) is 96.4. The number of pyridine rings is 1. The molecule has 0 aliphatic heterocycles. The van der Waals surface area contributed by atoms with Crippen LogP contribution in [-0.2, 0) is 63.1 Å². The Labute approximate surface area is 595 Å². The number of aryl methyl sites for hydroxylation is 6. The molecule has 0 aliphatic carbocycles. The third kappa shape index (κ3) is 30.3. The van der Waals surface area contributed by atoms with Crippen molar-refractivity contribution >= 4 is 101 Å². The summed E-state index contributed by atoms with van der Waals surface area (Å²) in [6.45, 7) is -1.65. The number of carbonyl (C=O) groups excluding carboxylic acids is 5. The van der Waals surface area contributed by atoms with E-state index >= 15 is 0 Å². The van der Waals surface area contributed by atoms with Gasteiger partial charge >= 0.3 is 0 Å². The fraction of sp³-hybridized carbons (Fsp3) is 0.494. The molecule has 22 nitrogen and oxygen atoms in total. The number of aromatic amines is 4. The molecule has 546 valence electrons. The molecular formula is C77H104ClFN12O10. The first kappa shape index (κ1) is 81.5. The van der Waals surface area contributed by atoms with E-state index < -0.39 is 0 Å². The van der Waals surface area contributed by atoms with Crippen LogP contribution in [0.15, 0.2) is 97.3 Å². The molecule has 6 aromatic heterocycles. The number of benzene rings is 4. The van der Waals surface area contributed by atoms with Crippen LogP contribution in [0.5, 0.6) is 0 Å². The Morgan fingerprint density at radius 2 is 0.782 bits per heavy atom. The van der Waals surface area contributed by atoms with Crippen LogP contribution in [0, 0.1) is 5.82 Å². The first-order valence-electron chi connectivity index (χ1n) is 35.8. The lowest BCUT2D eigenvalue weighted by Gasteiger charge is -2.11. The van der Waals surface area contributed by atoms with E-state index in [1.807, 2.05) is 62.6 Å². The Hall–Kier alpha value is -8.45. The number of halogens is 2. The van der Waals surface area contributed by atoms with Crippen LogP contribution < -0.4 is 4.90 Å². The van der Waals surface area contributed by atoms with E-state index in [1.165, 1.54) is 17.6 Å². The van der Waals surface area contributed by atoms with Gasteiger partial charge < -0.3 is 54.9 Å². The van der Waals surface area contributed by atoms with Crippen molar-refractivity contribution in [3.8, 4) is 0 Å². The second-order valence-corrected chi connectivity index (χ2v) is 26.1. The quantitative estimate of drug-likeness (QED) is 0.0161. The lowest BCUT2D eigenvalue weighted by atomic mass is 10.1. The lowest BCUT2D eigenvalue weighted by Crippen LogP contribution is -2.07. The minimum atomic E-state index is -0.352. The average molecular weight is 1410 g/mol. The summed E-state index contributed by atoms with van der Waals surface area (Å²) >= 11 is 5.93. The molecular weight excluding hydrogens is 1310 g/mol. The van der Waals surface area contributed by atoms with Gasteiger partial charge in [-0.05, 0) is 137 Å². The van der Waals surface area contributed by atoms with Gasteiger partial charge in [-0.3, -0.25) is 29.0 Å². The Balaban J connectivity index is 0.000000199.